The number of carboxylic acid groups (broad SMARTS) is 1. The molecule has 98 valence electrons. The van der Waals surface area contributed by atoms with E-state index in [0.717, 1.165) is 25.7 Å². The van der Waals surface area contributed by atoms with Crippen LogP contribution in [0.1, 0.15) is 46.0 Å². The first kappa shape index (κ1) is 13.8. The van der Waals surface area contributed by atoms with Gasteiger partial charge in [0.05, 0.1) is 5.41 Å². The summed E-state index contributed by atoms with van der Waals surface area (Å²) in [5.41, 5.74) is -0.927. The highest BCUT2D eigenvalue weighted by Gasteiger charge is 2.27. The first-order chi connectivity index (χ1) is 7.92. The summed E-state index contributed by atoms with van der Waals surface area (Å²) in [4.78, 5) is 22.4. The van der Waals surface area contributed by atoms with Gasteiger partial charge in [-0.05, 0) is 26.7 Å². The Morgan fingerprint density at radius 3 is 2.35 bits per heavy atom. The van der Waals surface area contributed by atoms with Gasteiger partial charge < -0.3 is 15.7 Å². The fraction of sp³-hybridized carbons (Fsp3) is 0.833. The minimum absolute atomic E-state index is 0.140. The van der Waals surface area contributed by atoms with Crippen LogP contribution in [0.4, 0.5) is 4.79 Å². The third kappa shape index (κ3) is 4.63. The van der Waals surface area contributed by atoms with Crippen LogP contribution in [0.25, 0.3) is 0 Å². The Labute approximate surface area is 102 Å². The Bertz CT molecular complexity index is 283. The SMILES string of the molecule is CC(C)(CNC(=O)NC1CCCCC1)C(=O)O. The van der Waals surface area contributed by atoms with Gasteiger partial charge in [0.15, 0.2) is 0 Å². The maximum atomic E-state index is 11.6. The number of amides is 2. The third-order valence-corrected chi connectivity index (χ3v) is 3.21. The number of carbonyl (C=O) groups is 2. The van der Waals surface area contributed by atoms with Gasteiger partial charge in [-0.25, -0.2) is 4.79 Å². The highest BCUT2D eigenvalue weighted by molar-refractivity contribution is 5.77. The largest absolute Gasteiger partial charge is 0.481 e. The van der Waals surface area contributed by atoms with Gasteiger partial charge in [-0.3, -0.25) is 4.79 Å². The van der Waals surface area contributed by atoms with Crippen LogP contribution in [0.5, 0.6) is 0 Å². The summed E-state index contributed by atoms with van der Waals surface area (Å²) >= 11 is 0. The molecule has 0 saturated heterocycles. The second-order valence-electron chi connectivity index (χ2n) is 5.35. The molecule has 0 aliphatic heterocycles. The molecule has 5 heteroatoms. The molecule has 0 aromatic carbocycles. The van der Waals surface area contributed by atoms with Crippen molar-refractivity contribution in [2.45, 2.75) is 52.0 Å². The summed E-state index contributed by atoms with van der Waals surface area (Å²) in [6.07, 6.45) is 5.61. The normalized spacial score (nSPS) is 17.5. The fourth-order valence-electron chi connectivity index (χ4n) is 1.86. The van der Waals surface area contributed by atoms with Crippen LogP contribution in [-0.2, 0) is 4.79 Å². The maximum absolute atomic E-state index is 11.6. The van der Waals surface area contributed by atoms with Crippen molar-refractivity contribution in [3.8, 4) is 0 Å². The van der Waals surface area contributed by atoms with Gasteiger partial charge in [0.1, 0.15) is 0 Å². The van der Waals surface area contributed by atoms with Crippen molar-refractivity contribution < 1.29 is 14.7 Å². The predicted molar refractivity (Wildman–Crippen MR) is 64.8 cm³/mol. The van der Waals surface area contributed by atoms with E-state index in [1.165, 1.54) is 6.42 Å². The van der Waals surface area contributed by atoms with Gasteiger partial charge in [-0.15, -0.1) is 0 Å². The smallest absolute Gasteiger partial charge is 0.315 e. The van der Waals surface area contributed by atoms with Gasteiger partial charge >= 0.3 is 12.0 Å². The minimum atomic E-state index is -0.927. The van der Waals surface area contributed by atoms with Crippen molar-refractivity contribution in [1.82, 2.24) is 10.6 Å². The summed E-state index contributed by atoms with van der Waals surface area (Å²) in [6.45, 7) is 3.33. The monoisotopic (exact) mass is 242 g/mol. The maximum Gasteiger partial charge on any atom is 0.315 e. The Morgan fingerprint density at radius 1 is 1.24 bits per heavy atom. The van der Waals surface area contributed by atoms with E-state index in [2.05, 4.69) is 10.6 Å². The topological polar surface area (TPSA) is 78.4 Å². The zero-order chi connectivity index (χ0) is 12.9. The molecule has 1 saturated carbocycles. The van der Waals surface area contributed by atoms with Crippen LogP contribution in [0.3, 0.4) is 0 Å². The molecular weight excluding hydrogens is 220 g/mol. The quantitative estimate of drug-likeness (QED) is 0.702. The summed E-state index contributed by atoms with van der Waals surface area (Å²) in [5.74, 6) is -0.907. The van der Waals surface area contributed by atoms with E-state index < -0.39 is 11.4 Å². The summed E-state index contributed by atoms with van der Waals surface area (Å²) in [6, 6.07) is -0.0112. The van der Waals surface area contributed by atoms with Crippen LogP contribution in [-0.4, -0.2) is 29.7 Å². The van der Waals surface area contributed by atoms with Crippen LogP contribution in [0.2, 0.25) is 0 Å². The lowest BCUT2D eigenvalue weighted by Crippen LogP contribution is -2.47. The first-order valence-corrected chi connectivity index (χ1v) is 6.19. The van der Waals surface area contributed by atoms with Crippen LogP contribution >= 0.6 is 0 Å². The van der Waals surface area contributed by atoms with Crippen molar-refractivity contribution in [3.63, 3.8) is 0 Å². The molecule has 1 fully saturated rings. The zero-order valence-electron chi connectivity index (χ0n) is 10.6. The van der Waals surface area contributed by atoms with E-state index in [9.17, 15) is 9.59 Å². The lowest BCUT2D eigenvalue weighted by Gasteiger charge is -2.24. The molecule has 2 amide bonds. The second kappa shape index (κ2) is 5.89. The number of hydrogen-bond acceptors (Lipinski definition) is 2. The van der Waals surface area contributed by atoms with Gasteiger partial charge in [0, 0.05) is 12.6 Å². The Morgan fingerprint density at radius 2 is 1.82 bits per heavy atom. The molecule has 0 heterocycles. The van der Waals surface area contributed by atoms with E-state index >= 15 is 0 Å². The van der Waals surface area contributed by atoms with Crippen LogP contribution in [0.15, 0.2) is 0 Å². The fourth-order valence-corrected chi connectivity index (χ4v) is 1.86. The highest BCUT2D eigenvalue weighted by Crippen LogP contribution is 2.17. The molecule has 1 aliphatic rings. The number of carboxylic acids is 1. The predicted octanol–water partition coefficient (Wildman–Crippen LogP) is 1.73. The average Bonchev–Trinajstić information content (AvgIpc) is 2.28. The summed E-state index contributed by atoms with van der Waals surface area (Å²) in [5, 5.41) is 14.4. The van der Waals surface area contributed by atoms with E-state index in [1.54, 1.807) is 13.8 Å². The molecule has 0 bridgehead atoms. The molecule has 1 rings (SSSR count). The number of hydrogen-bond donors (Lipinski definition) is 3. The molecule has 0 spiro atoms. The molecule has 0 aromatic heterocycles. The average molecular weight is 242 g/mol. The van der Waals surface area contributed by atoms with Crippen molar-refractivity contribution in [2.24, 2.45) is 5.41 Å². The molecule has 0 unspecified atom stereocenters. The molecule has 0 radical (unpaired) electrons. The third-order valence-electron chi connectivity index (χ3n) is 3.21. The van der Waals surface area contributed by atoms with Crippen LogP contribution in [0, 0.1) is 5.41 Å². The Balaban J connectivity index is 2.27. The van der Waals surface area contributed by atoms with E-state index in [4.69, 9.17) is 5.11 Å². The summed E-state index contributed by atoms with van der Waals surface area (Å²) < 4.78 is 0. The van der Waals surface area contributed by atoms with E-state index in [0.29, 0.717) is 0 Å². The van der Waals surface area contributed by atoms with Crippen molar-refractivity contribution in [2.75, 3.05) is 6.54 Å². The van der Waals surface area contributed by atoms with Gasteiger partial charge in [0.2, 0.25) is 0 Å². The Hall–Kier alpha value is -1.26. The zero-order valence-corrected chi connectivity index (χ0v) is 10.6. The molecule has 5 nitrogen and oxygen atoms in total. The van der Waals surface area contributed by atoms with E-state index in [-0.39, 0.29) is 18.6 Å². The highest BCUT2D eigenvalue weighted by atomic mass is 16.4. The number of aliphatic carboxylic acids is 1. The van der Waals surface area contributed by atoms with Gasteiger partial charge in [-0.2, -0.15) is 0 Å². The summed E-state index contributed by atoms with van der Waals surface area (Å²) in [7, 11) is 0. The van der Waals surface area contributed by atoms with E-state index in [1.807, 2.05) is 0 Å². The van der Waals surface area contributed by atoms with Gasteiger partial charge in [-0.1, -0.05) is 19.3 Å². The lowest BCUT2D eigenvalue weighted by atomic mass is 9.94. The molecule has 0 atom stereocenters. The first-order valence-electron chi connectivity index (χ1n) is 6.19. The number of rotatable bonds is 4. The molecule has 3 N–H and O–H groups in total. The minimum Gasteiger partial charge on any atom is -0.481 e. The van der Waals surface area contributed by atoms with Crippen LogP contribution < -0.4 is 10.6 Å². The van der Waals surface area contributed by atoms with Crippen molar-refractivity contribution >= 4 is 12.0 Å². The molecular formula is C12H22N2O3. The number of urea groups is 1. The Kier molecular flexibility index (Phi) is 4.78. The standard InChI is InChI=1S/C12H22N2O3/c1-12(2,10(15)16)8-13-11(17)14-9-6-4-3-5-7-9/h9H,3-8H2,1-2H3,(H,15,16)(H2,13,14,17). The molecule has 17 heavy (non-hydrogen) atoms. The number of nitrogens with one attached hydrogen (secondary N) is 2. The second-order valence-corrected chi connectivity index (χ2v) is 5.35. The molecule has 1 aliphatic carbocycles. The molecule has 0 aromatic rings. The van der Waals surface area contributed by atoms with Gasteiger partial charge in [0.25, 0.3) is 0 Å². The van der Waals surface area contributed by atoms with Crippen molar-refractivity contribution in [1.29, 1.82) is 0 Å². The van der Waals surface area contributed by atoms with Crippen molar-refractivity contribution in [3.05, 3.63) is 0 Å². The number of carbonyl (C=O) groups excluding carboxylic acids is 1. The lowest BCUT2D eigenvalue weighted by molar-refractivity contribution is -0.146.